The third kappa shape index (κ3) is 3.30. The van der Waals surface area contributed by atoms with Crippen LogP contribution in [0.2, 0.25) is 0 Å². The quantitative estimate of drug-likeness (QED) is 0.830. The van der Waals surface area contributed by atoms with Gasteiger partial charge in [-0.05, 0) is 46.8 Å². The number of nitriles is 1. The average Bonchev–Trinajstić information content (AvgIpc) is 2.60. The molecule has 0 aliphatic carbocycles. The van der Waals surface area contributed by atoms with E-state index in [1.54, 1.807) is 16.8 Å². The van der Waals surface area contributed by atoms with E-state index in [4.69, 9.17) is 0 Å². The second-order valence-corrected chi connectivity index (χ2v) is 6.47. The molecule has 1 aromatic heterocycles. The Morgan fingerprint density at radius 3 is 2.70 bits per heavy atom. The molecule has 0 bridgehead atoms. The lowest BCUT2D eigenvalue weighted by molar-refractivity contribution is 0.550. The lowest BCUT2D eigenvalue weighted by Crippen LogP contribution is -2.36. The lowest BCUT2D eigenvalue weighted by atomic mass is 10.1. The SMILES string of the molecule is N#Cc1ccccc1Cn1c(N2CCCCC2)ncc(Br)c1=O. The molecule has 1 fully saturated rings. The van der Waals surface area contributed by atoms with Crippen LogP contribution in [0.4, 0.5) is 5.95 Å². The second kappa shape index (κ2) is 6.97. The van der Waals surface area contributed by atoms with E-state index >= 15 is 0 Å². The largest absolute Gasteiger partial charge is 0.342 e. The Hall–Kier alpha value is -2.13. The Kier molecular flexibility index (Phi) is 4.77. The number of hydrogen-bond acceptors (Lipinski definition) is 4. The Morgan fingerprint density at radius 1 is 1.22 bits per heavy atom. The van der Waals surface area contributed by atoms with Crippen LogP contribution < -0.4 is 10.5 Å². The van der Waals surface area contributed by atoms with Crippen LogP contribution in [0.15, 0.2) is 39.7 Å². The molecule has 0 spiro atoms. The van der Waals surface area contributed by atoms with Gasteiger partial charge >= 0.3 is 0 Å². The standard InChI is InChI=1S/C17H17BrN4O/c18-15-11-20-17(21-8-4-1-5-9-21)22(16(15)23)12-14-7-3-2-6-13(14)10-19/h2-3,6-7,11H,1,4-5,8-9,12H2. The van der Waals surface area contributed by atoms with Crippen molar-refractivity contribution >= 4 is 21.9 Å². The maximum atomic E-state index is 12.6. The molecule has 0 N–H and O–H groups in total. The van der Waals surface area contributed by atoms with Crippen molar-refractivity contribution in [2.75, 3.05) is 18.0 Å². The minimum atomic E-state index is -0.117. The lowest BCUT2D eigenvalue weighted by Gasteiger charge is -2.29. The minimum Gasteiger partial charge on any atom is -0.342 e. The zero-order valence-corrected chi connectivity index (χ0v) is 14.3. The Balaban J connectivity index is 2.05. The molecule has 118 valence electrons. The molecule has 2 heterocycles. The minimum absolute atomic E-state index is 0.117. The van der Waals surface area contributed by atoms with Gasteiger partial charge in [-0.25, -0.2) is 4.98 Å². The molecule has 6 heteroatoms. The molecule has 0 radical (unpaired) electrons. The number of aromatic nitrogens is 2. The summed E-state index contributed by atoms with van der Waals surface area (Å²) >= 11 is 3.27. The smallest absolute Gasteiger partial charge is 0.269 e. The van der Waals surface area contributed by atoms with E-state index in [1.807, 2.05) is 18.2 Å². The van der Waals surface area contributed by atoms with Crippen LogP contribution in [0.5, 0.6) is 0 Å². The predicted octanol–water partition coefficient (Wildman–Crippen LogP) is 2.92. The molecule has 0 unspecified atom stereocenters. The van der Waals surface area contributed by atoms with E-state index in [-0.39, 0.29) is 5.56 Å². The first-order valence-corrected chi connectivity index (χ1v) is 8.48. The maximum Gasteiger partial charge on any atom is 0.269 e. The molecule has 1 aromatic carbocycles. The van der Waals surface area contributed by atoms with Gasteiger partial charge in [-0.15, -0.1) is 0 Å². The van der Waals surface area contributed by atoms with E-state index < -0.39 is 0 Å². The zero-order valence-electron chi connectivity index (χ0n) is 12.7. The Morgan fingerprint density at radius 2 is 1.96 bits per heavy atom. The average molecular weight is 373 g/mol. The van der Waals surface area contributed by atoms with Crippen LogP contribution in [0.1, 0.15) is 30.4 Å². The predicted molar refractivity (Wildman–Crippen MR) is 92.5 cm³/mol. The Bertz CT molecular complexity index is 803. The third-order valence-electron chi connectivity index (χ3n) is 4.09. The summed E-state index contributed by atoms with van der Waals surface area (Å²) < 4.78 is 2.10. The number of benzene rings is 1. The monoisotopic (exact) mass is 372 g/mol. The first-order valence-electron chi connectivity index (χ1n) is 7.69. The molecule has 0 atom stereocenters. The zero-order chi connectivity index (χ0) is 16.2. The van der Waals surface area contributed by atoms with Gasteiger partial charge in [-0.3, -0.25) is 9.36 Å². The fourth-order valence-electron chi connectivity index (χ4n) is 2.89. The van der Waals surface area contributed by atoms with Gasteiger partial charge in [0.25, 0.3) is 5.56 Å². The molecular weight excluding hydrogens is 356 g/mol. The van der Waals surface area contributed by atoms with Crippen molar-refractivity contribution in [3.63, 3.8) is 0 Å². The van der Waals surface area contributed by atoms with E-state index in [0.717, 1.165) is 31.5 Å². The van der Waals surface area contributed by atoms with Crippen molar-refractivity contribution in [3.05, 3.63) is 56.4 Å². The highest BCUT2D eigenvalue weighted by Gasteiger charge is 2.18. The number of hydrogen-bond donors (Lipinski definition) is 0. The first kappa shape index (κ1) is 15.8. The molecule has 5 nitrogen and oxygen atoms in total. The van der Waals surface area contributed by atoms with Crippen LogP contribution in [-0.2, 0) is 6.54 Å². The van der Waals surface area contributed by atoms with E-state index in [1.165, 1.54) is 6.42 Å². The van der Waals surface area contributed by atoms with Crippen LogP contribution in [-0.4, -0.2) is 22.6 Å². The van der Waals surface area contributed by atoms with E-state index in [2.05, 4.69) is 31.9 Å². The van der Waals surface area contributed by atoms with Crippen molar-refractivity contribution < 1.29 is 0 Å². The summed E-state index contributed by atoms with van der Waals surface area (Å²) in [4.78, 5) is 19.2. The molecule has 0 saturated carbocycles. The van der Waals surface area contributed by atoms with Crippen LogP contribution in [0.25, 0.3) is 0 Å². The third-order valence-corrected chi connectivity index (χ3v) is 4.63. The fraction of sp³-hybridized carbons (Fsp3) is 0.353. The molecule has 23 heavy (non-hydrogen) atoms. The molecule has 3 rings (SSSR count). The number of anilines is 1. The van der Waals surface area contributed by atoms with Gasteiger partial charge in [-0.2, -0.15) is 5.26 Å². The van der Waals surface area contributed by atoms with Crippen molar-refractivity contribution in [2.24, 2.45) is 0 Å². The van der Waals surface area contributed by atoms with Gasteiger partial charge in [0.15, 0.2) is 0 Å². The molecular formula is C17H17BrN4O. The van der Waals surface area contributed by atoms with E-state index in [9.17, 15) is 10.1 Å². The summed E-state index contributed by atoms with van der Waals surface area (Å²) in [6.07, 6.45) is 5.01. The second-order valence-electron chi connectivity index (χ2n) is 5.61. The normalized spacial score (nSPS) is 14.5. The summed E-state index contributed by atoms with van der Waals surface area (Å²) in [5, 5.41) is 9.27. The highest BCUT2D eigenvalue weighted by molar-refractivity contribution is 9.10. The summed E-state index contributed by atoms with van der Waals surface area (Å²) in [7, 11) is 0. The topological polar surface area (TPSA) is 61.9 Å². The fourth-order valence-corrected chi connectivity index (χ4v) is 3.20. The maximum absolute atomic E-state index is 12.6. The summed E-state index contributed by atoms with van der Waals surface area (Å²) in [6.45, 7) is 2.17. The molecule has 1 saturated heterocycles. The summed E-state index contributed by atoms with van der Waals surface area (Å²) in [5.41, 5.74) is 1.30. The number of rotatable bonds is 3. The van der Waals surface area contributed by atoms with Crippen LogP contribution in [0, 0.1) is 11.3 Å². The molecule has 0 amide bonds. The van der Waals surface area contributed by atoms with Gasteiger partial charge < -0.3 is 4.90 Å². The molecule has 2 aromatic rings. The van der Waals surface area contributed by atoms with Crippen LogP contribution >= 0.6 is 15.9 Å². The number of nitrogens with zero attached hydrogens (tertiary/aromatic N) is 4. The van der Waals surface area contributed by atoms with Crippen molar-refractivity contribution in [1.82, 2.24) is 9.55 Å². The van der Waals surface area contributed by atoms with Gasteiger partial charge in [0.2, 0.25) is 5.95 Å². The van der Waals surface area contributed by atoms with Crippen molar-refractivity contribution in [1.29, 1.82) is 5.26 Å². The summed E-state index contributed by atoms with van der Waals surface area (Å²) in [6, 6.07) is 9.55. The van der Waals surface area contributed by atoms with Crippen molar-refractivity contribution in [2.45, 2.75) is 25.8 Å². The van der Waals surface area contributed by atoms with Gasteiger partial charge in [0, 0.05) is 13.1 Å². The summed E-state index contributed by atoms with van der Waals surface area (Å²) in [5.74, 6) is 0.686. The number of halogens is 1. The Labute approximate surface area is 143 Å². The van der Waals surface area contributed by atoms with E-state index in [0.29, 0.717) is 22.5 Å². The van der Waals surface area contributed by atoms with Crippen molar-refractivity contribution in [3.8, 4) is 6.07 Å². The van der Waals surface area contributed by atoms with Gasteiger partial charge in [-0.1, -0.05) is 18.2 Å². The van der Waals surface area contributed by atoms with Gasteiger partial charge in [0.05, 0.1) is 24.4 Å². The highest BCUT2D eigenvalue weighted by atomic mass is 79.9. The molecule has 1 aliphatic rings. The van der Waals surface area contributed by atoms with Crippen LogP contribution in [0.3, 0.4) is 0 Å². The first-order chi connectivity index (χ1) is 11.2. The highest BCUT2D eigenvalue weighted by Crippen LogP contribution is 2.19. The molecule has 1 aliphatic heterocycles. The van der Waals surface area contributed by atoms with Gasteiger partial charge in [0.1, 0.15) is 4.47 Å². The number of piperidine rings is 1.